The summed E-state index contributed by atoms with van der Waals surface area (Å²) in [6.07, 6.45) is 0.743. The maximum absolute atomic E-state index is 13.1. The van der Waals surface area contributed by atoms with Crippen molar-refractivity contribution >= 4 is 22.4 Å². The quantitative estimate of drug-likeness (QED) is 0.585. The van der Waals surface area contributed by atoms with Crippen LogP contribution in [0.3, 0.4) is 0 Å². The van der Waals surface area contributed by atoms with Crippen molar-refractivity contribution in [2.75, 3.05) is 6.79 Å². The van der Waals surface area contributed by atoms with Crippen LogP contribution in [0.15, 0.2) is 41.2 Å². The molecule has 120 valence electrons. The molecule has 0 amide bonds. The Kier molecular flexibility index (Phi) is 2.77. The molecule has 0 fully saturated rings. The van der Waals surface area contributed by atoms with Crippen molar-refractivity contribution in [3.8, 4) is 22.8 Å². The predicted molar refractivity (Wildman–Crippen MR) is 93.0 cm³/mol. The number of aromatic nitrogens is 1. The third-order valence-electron chi connectivity index (χ3n) is 4.92. The van der Waals surface area contributed by atoms with Crippen LogP contribution in [0.1, 0.15) is 16.5 Å². The molecular formula is C19H14ClNO3. The Morgan fingerprint density at radius 2 is 2.00 bits per heavy atom. The molecule has 24 heavy (non-hydrogen) atoms. The number of nitrogens with zero attached hydrogens (tertiary/aromatic N) is 1. The minimum Gasteiger partial charge on any atom is -0.454 e. The number of pyridine rings is 1. The molecular weight excluding hydrogens is 326 g/mol. The number of alkyl halides is 1. The van der Waals surface area contributed by atoms with E-state index < -0.39 is 0 Å². The third-order valence-corrected chi connectivity index (χ3v) is 5.30. The summed E-state index contributed by atoms with van der Waals surface area (Å²) < 4.78 is 12.7. The molecule has 2 aliphatic rings. The molecule has 2 heterocycles. The van der Waals surface area contributed by atoms with Gasteiger partial charge in [-0.25, -0.2) is 0 Å². The van der Waals surface area contributed by atoms with Crippen molar-refractivity contribution in [3.63, 3.8) is 0 Å². The van der Waals surface area contributed by atoms with Gasteiger partial charge in [0, 0.05) is 18.2 Å². The number of ether oxygens (including phenoxy) is 2. The number of fused-ring (bicyclic) bond motifs is 7. The van der Waals surface area contributed by atoms with Gasteiger partial charge in [0.1, 0.15) is 0 Å². The molecule has 3 aromatic rings. The fraction of sp³-hybridized carbons (Fsp3) is 0.211. The van der Waals surface area contributed by atoms with Gasteiger partial charge < -0.3 is 14.0 Å². The average Bonchev–Trinajstić information content (AvgIpc) is 3.06. The normalized spacial score (nSPS) is 17.7. The van der Waals surface area contributed by atoms with E-state index in [1.54, 1.807) is 11.6 Å². The molecule has 1 aromatic heterocycles. The zero-order valence-electron chi connectivity index (χ0n) is 13.0. The van der Waals surface area contributed by atoms with Crippen molar-refractivity contribution in [1.29, 1.82) is 0 Å². The lowest BCUT2D eigenvalue weighted by Gasteiger charge is -2.27. The molecule has 2 aromatic carbocycles. The van der Waals surface area contributed by atoms with Crippen LogP contribution < -0.4 is 15.0 Å². The maximum Gasteiger partial charge on any atom is 0.262 e. The van der Waals surface area contributed by atoms with Gasteiger partial charge in [-0.1, -0.05) is 24.3 Å². The van der Waals surface area contributed by atoms with Crippen LogP contribution in [0.25, 0.3) is 22.0 Å². The first-order valence-corrected chi connectivity index (χ1v) is 8.28. The minimum atomic E-state index is -0.190. The van der Waals surface area contributed by atoms with Gasteiger partial charge in [-0.3, -0.25) is 4.79 Å². The Labute approximate surface area is 143 Å². The van der Waals surface area contributed by atoms with Gasteiger partial charge in [-0.05, 0) is 29.5 Å². The number of hydrogen-bond acceptors (Lipinski definition) is 3. The lowest BCUT2D eigenvalue weighted by atomic mass is 9.85. The summed E-state index contributed by atoms with van der Waals surface area (Å²) in [6.45, 7) is 0.141. The van der Waals surface area contributed by atoms with Gasteiger partial charge in [-0.15, -0.1) is 11.6 Å². The smallest absolute Gasteiger partial charge is 0.262 e. The van der Waals surface area contributed by atoms with E-state index in [0.29, 0.717) is 16.9 Å². The van der Waals surface area contributed by atoms with Crippen LogP contribution in [0.5, 0.6) is 11.5 Å². The lowest BCUT2D eigenvalue weighted by molar-refractivity contribution is 0.174. The summed E-state index contributed by atoms with van der Waals surface area (Å²) in [7, 11) is 1.79. The largest absolute Gasteiger partial charge is 0.454 e. The molecule has 1 atom stereocenters. The van der Waals surface area contributed by atoms with Crippen LogP contribution >= 0.6 is 11.6 Å². The number of hydrogen-bond donors (Lipinski definition) is 0. The molecule has 0 saturated carbocycles. The van der Waals surface area contributed by atoms with Crippen molar-refractivity contribution < 1.29 is 9.47 Å². The zero-order valence-corrected chi connectivity index (χ0v) is 13.8. The van der Waals surface area contributed by atoms with Gasteiger partial charge >= 0.3 is 0 Å². The Balaban J connectivity index is 1.99. The lowest BCUT2D eigenvalue weighted by Crippen LogP contribution is -2.24. The molecule has 1 aliphatic carbocycles. The van der Waals surface area contributed by atoms with E-state index in [2.05, 4.69) is 12.1 Å². The molecule has 0 N–H and O–H groups in total. The van der Waals surface area contributed by atoms with Gasteiger partial charge in [0.15, 0.2) is 11.5 Å². The molecule has 1 unspecified atom stereocenters. The fourth-order valence-corrected chi connectivity index (χ4v) is 4.24. The van der Waals surface area contributed by atoms with E-state index >= 15 is 0 Å². The summed E-state index contributed by atoms with van der Waals surface area (Å²) in [6, 6.07) is 11.9. The van der Waals surface area contributed by atoms with E-state index in [4.69, 9.17) is 21.1 Å². The van der Waals surface area contributed by atoms with E-state index in [1.807, 2.05) is 24.3 Å². The van der Waals surface area contributed by atoms with Crippen LogP contribution in [0, 0.1) is 0 Å². The van der Waals surface area contributed by atoms with E-state index in [1.165, 1.54) is 5.56 Å². The van der Waals surface area contributed by atoms with Gasteiger partial charge in [0.2, 0.25) is 6.79 Å². The van der Waals surface area contributed by atoms with Gasteiger partial charge in [0.25, 0.3) is 5.56 Å². The molecule has 4 nitrogen and oxygen atoms in total. The first kappa shape index (κ1) is 13.9. The maximum atomic E-state index is 13.1. The third kappa shape index (κ3) is 1.66. The topological polar surface area (TPSA) is 40.5 Å². The predicted octanol–water partition coefficient (Wildman–Crippen LogP) is 3.77. The van der Waals surface area contributed by atoms with Crippen LogP contribution in [0.4, 0.5) is 0 Å². The van der Waals surface area contributed by atoms with Gasteiger partial charge in [-0.2, -0.15) is 0 Å². The molecule has 0 bridgehead atoms. The number of rotatable bonds is 0. The van der Waals surface area contributed by atoms with E-state index in [9.17, 15) is 4.79 Å². The highest BCUT2D eigenvalue weighted by molar-refractivity contribution is 6.23. The van der Waals surface area contributed by atoms with Crippen molar-refractivity contribution in [2.45, 2.75) is 11.8 Å². The Bertz CT molecular complexity index is 1070. The Hall–Kier alpha value is -2.46. The second-order valence-corrected chi connectivity index (χ2v) is 6.70. The Morgan fingerprint density at radius 1 is 1.17 bits per heavy atom. The van der Waals surface area contributed by atoms with Crippen molar-refractivity contribution in [2.24, 2.45) is 7.05 Å². The van der Waals surface area contributed by atoms with Crippen LogP contribution in [-0.4, -0.2) is 11.4 Å². The highest BCUT2D eigenvalue weighted by Crippen LogP contribution is 2.47. The van der Waals surface area contributed by atoms with E-state index in [0.717, 1.165) is 28.6 Å². The molecule has 5 heteroatoms. The molecule has 5 rings (SSSR count). The van der Waals surface area contributed by atoms with Crippen molar-refractivity contribution in [1.82, 2.24) is 4.57 Å². The SMILES string of the molecule is Cn1c2c(c3ccc4c(c3c1=O)OCO4)C(Cl)Cc1ccccc1-2. The average molecular weight is 340 g/mol. The zero-order chi connectivity index (χ0) is 16.4. The highest BCUT2D eigenvalue weighted by atomic mass is 35.5. The standard InChI is InChI=1S/C19H14ClNO3/c1-21-17-11-5-3-2-4-10(11)8-13(20)15(17)12-6-7-14-18(24-9-23-14)16(12)19(21)22/h2-7,13H,8-9H2,1H3. The first-order valence-electron chi connectivity index (χ1n) is 7.84. The van der Waals surface area contributed by atoms with Gasteiger partial charge in [0.05, 0.1) is 16.5 Å². The Morgan fingerprint density at radius 3 is 2.88 bits per heavy atom. The second kappa shape index (κ2) is 4.77. The number of benzene rings is 2. The van der Waals surface area contributed by atoms with Crippen molar-refractivity contribution in [3.05, 3.63) is 57.9 Å². The van der Waals surface area contributed by atoms with E-state index in [-0.39, 0.29) is 17.7 Å². The first-order chi connectivity index (χ1) is 11.7. The van der Waals surface area contributed by atoms with Crippen LogP contribution in [0.2, 0.25) is 0 Å². The summed E-state index contributed by atoms with van der Waals surface area (Å²) >= 11 is 6.74. The molecule has 1 aliphatic heterocycles. The monoisotopic (exact) mass is 339 g/mol. The highest BCUT2D eigenvalue weighted by Gasteiger charge is 2.31. The summed E-state index contributed by atoms with van der Waals surface area (Å²) in [5.74, 6) is 1.14. The second-order valence-electron chi connectivity index (χ2n) is 6.18. The fourth-order valence-electron chi connectivity index (χ4n) is 3.85. The molecule has 0 spiro atoms. The summed E-state index contributed by atoms with van der Waals surface area (Å²) in [5.41, 5.74) is 4.04. The number of halogens is 1. The minimum absolute atomic E-state index is 0.0910. The summed E-state index contributed by atoms with van der Waals surface area (Å²) in [4.78, 5) is 13.1. The van der Waals surface area contributed by atoms with Crippen LogP contribution in [-0.2, 0) is 13.5 Å². The summed E-state index contributed by atoms with van der Waals surface area (Å²) in [5, 5.41) is 1.22. The molecule has 0 radical (unpaired) electrons. The molecule has 0 saturated heterocycles.